The second kappa shape index (κ2) is 11.2. The van der Waals surface area contributed by atoms with Crippen molar-refractivity contribution < 1.29 is 27.5 Å². The molecule has 9 nitrogen and oxygen atoms in total. The number of sulfonamides is 1. The van der Waals surface area contributed by atoms with Crippen LogP contribution in [0.25, 0.3) is 0 Å². The number of nitrogens with zero attached hydrogens (tertiary/aromatic N) is 2. The van der Waals surface area contributed by atoms with Crippen LogP contribution in [0.2, 0.25) is 0 Å². The van der Waals surface area contributed by atoms with Crippen LogP contribution < -0.4 is 19.1 Å². The van der Waals surface area contributed by atoms with Gasteiger partial charge in [0.2, 0.25) is 28.6 Å². The van der Waals surface area contributed by atoms with Gasteiger partial charge in [0, 0.05) is 31.1 Å². The van der Waals surface area contributed by atoms with E-state index < -0.39 is 21.6 Å². The summed E-state index contributed by atoms with van der Waals surface area (Å²) in [5, 5.41) is 2.93. The fourth-order valence-corrected chi connectivity index (χ4v) is 4.84. The Labute approximate surface area is 213 Å². The molecule has 2 amide bonds. The number of carbonyl (C=O) groups is 2. The molecule has 0 saturated heterocycles. The summed E-state index contributed by atoms with van der Waals surface area (Å²) in [6, 6.07) is 13.7. The molecular formula is C26H35N3O6S. The van der Waals surface area contributed by atoms with Gasteiger partial charge in [-0.15, -0.1) is 0 Å². The third kappa shape index (κ3) is 7.36. The van der Waals surface area contributed by atoms with Gasteiger partial charge in [-0.2, -0.15) is 0 Å². The van der Waals surface area contributed by atoms with Gasteiger partial charge in [0.15, 0.2) is 11.5 Å². The molecule has 0 spiro atoms. The zero-order valence-corrected chi connectivity index (χ0v) is 22.3. The van der Waals surface area contributed by atoms with Crippen LogP contribution in [-0.2, 0) is 26.2 Å². The van der Waals surface area contributed by atoms with Crippen molar-refractivity contribution in [3.05, 3.63) is 54.1 Å². The van der Waals surface area contributed by atoms with Crippen LogP contribution in [0.4, 0.5) is 5.69 Å². The van der Waals surface area contributed by atoms with Crippen LogP contribution in [0.3, 0.4) is 0 Å². The molecule has 3 rings (SSSR count). The average Bonchev–Trinajstić information content (AvgIpc) is 3.26. The molecule has 0 saturated carbocycles. The summed E-state index contributed by atoms with van der Waals surface area (Å²) in [6.07, 6.45) is 1.48. The van der Waals surface area contributed by atoms with E-state index in [0.717, 1.165) is 11.8 Å². The van der Waals surface area contributed by atoms with Crippen molar-refractivity contribution in [3.63, 3.8) is 0 Å². The van der Waals surface area contributed by atoms with Crippen molar-refractivity contribution in [2.75, 3.05) is 23.9 Å². The molecule has 196 valence electrons. The Kier molecular flexibility index (Phi) is 8.50. The predicted octanol–water partition coefficient (Wildman–Crippen LogP) is 3.29. The minimum Gasteiger partial charge on any atom is -0.454 e. The van der Waals surface area contributed by atoms with Gasteiger partial charge < -0.3 is 19.7 Å². The Morgan fingerprint density at radius 3 is 2.36 bits per heavy atom. The number of amides is 2. The summed E-state index contributed by atoms with van der Waals surface area (Å²) in [5.74, 6) is 0.561. The maximum absolute atomic E-state index is 13.3. The molecule has 0 aliphatic carbocycles. The molecular weight excluding hydrogens is 482 g/mol. The van der Waals surface area contributed by atoms with Gasteiger partial charge >= 0.3 is 0 Å². The molecule has 1 aliphatic rings. The van der Waals surface area contributed by atoms with Crippen molar-refractivity contribution >= 4 is 27.5 Å². The number of carbonyl (C=O) groups excluding carboxylic acids is 2. The van der Waals surface area contributed by atoms with Gasteiger partial charge in [-0.1, -0.05) is 30.3 Å². The topological polar surface area (TPSA) is 105 Å². The number of benzene rings is 2. The number of hydrogen-bond acceptors (Lipinski definition) is 6. The molecule has 0 fully saturated rings. The highest BCUT2D eigenvalue weighted by Gasteiger charge is 2.29. The van der Waals surface area contributed by atoms with Crippen molar-refractivity contribution in [1.82, 2.24) is 10.2 Å². The lowest BCUT2D eigenvalue weighted by Crippen LogP contribution is -2.52. The zero-order valence-electron chi connectivity index (χ0n) is 21.5. The average molecular weight is 518 g/mol. The standard InChI is InChI=1S/C26H35N3O6S/c1-19(25(31)27-26(2,3)4)28(17-20-10-7-6-8-11-20)24(30)12-9-15-29(36(5,32)33)21-13-14-22-23(16-21)35-18-34-22/h6-8,10-11,13-14,16,19H,9,12,15,17-18H2,1-5H3,(H,27,31). The number of ether oxygens (including phenoxy) is 2. The van der Waals surface area contributed by atoms with E-state index in [0.29, 0.717) is 17.2 Å². The van der Waals surface area contributed by atoms with Gasteiger partial charge in [-0.25, -0.2) is 8.42 Å². The highest BCUT2D eigenvalue weighted by atomic mass is 32.2. The molecule has 1 heterocycles. The summed E-state index contributed by atoms with van der Waals surface area (Å²) in [6.45, 7) is 7.83. The maximum atomic E-state index is 13.3. The van der Waals surface area contributed by atoms with Gasteiger partial charge in [0.25, 0.3) is 0 Å². The van der Waals surface area contributed by atoms with Crippen LogP contribution in [0.5, 0.6) is 11.5 Å². The van der Waals surface area contributed by atoms with Crippen LogP contribution >= 0.6 is 0 Å². The second-order valence-corrected chi connectivity index (χ2v) is 11.8. The number of anilines is 1. The molecule has 10 heteroatoms. The van der Waals surface area contributed by atoms with Gasteiger partial charge in [-0.3, -0.25) is 13.9 Å². The second-order valence-electron chi connectivity index (χ2n) is 9.90. The first kappa shape index (κ1) is 27.3. The number of nitrogens with one attached hydrogen (secondary N) is 1. The Balaban J connectivity index is 1.72. The highest BCUT2D eigenvalue weighted by molar-refractivity contribution is 7.92. The Morgan fingerprint density at radius 1 is 1.06 bits per heavy atom. The summed E-state index contributed by atoms with van der Waals surface area (Å²) in [7, 11) is -3.60. The van der Waals surface area contributed by atoms with E-state index in [-0.39, 0.29) is 44.5 Å². The van der Waals surface area contributed by atoms with Crippen LogP contribution in [-0.4, -0.2) is 56.3 Å². The SMILES string of the molecule is CC(C(=O)NC(C)(C)C)N(Cc1ccccc1)C(=O)CCCN(c1ccc2c(c1)OCO2)S(C)(=O)=O. The van der Waals surface area contributed by atoms with Crippen LogP contribution in [0.15, 0.2) is 48.5 Å². The quantitative estimate of drug-likeness (QED) is 0.519. The molecule has 1 unspecified atom stereocenters. The lowest BCUT2D eigenvalue weighted by molar-refractivity contribution is -0.141. The van der Waals surface area contributed by atoms with Crippen LogP contribution in [0, 0.1) is 0 Å². The number of rotatable bonds is 10. The molecule has 0 aromatic heterocycles. The third-order valence-corrected chi connectivity index (χ3v) is 6.85. The van der Waals surface area contributed by atoms with Crippen molar-refractivity contribution in [2.24, 2.45) is 0 Å². The van der Waals surface area contributed by atoms with E-state index in [1.54, 1.807) is 30.0 Å². The first-order chi connectivity index (χ1) is 16.8. The molecule has 36 heavy (non-hydrogen) atoms. The van der Waals surface area contributed by atoms with Gasteiger partial charge in [0.1, 0.15) is 6.04 Å². The summed E-state index contributed by atoms with van der Waals surface area (Å²) >= 11 is 0. The minimum absolute atomic E-state index is 0.0799. The lowest BCUT2D eigenvalue weighted by Gasteiger charge is -2.32. The van der Waals surface area contributed by atoms with E-state index in [4.69, 9.17) is 9.47 Å². The van der Waals surface area contributed by atoms with Crippen molar-refractivity contribution in [3.8, 4) is 11.5 Å². The van der Waals surface area contributed by atoms with E-state index >= 15 is 0 Å². The van der Waals surface area contributed by atoms with Crippen molar-refractivity contribution in [1.29, 1.82) is 0 Å². The normalized spacial score (nSPS) is 13.7. The summed E-state index contributed by atoms with van der Waals surface area (Å²) in [4.78, 5) is 27.7. The summed E-state index contributed by atoms with van der Waals surface area (Å²) < 4.78 is 37.0. The highest BCUT2D eigenvalue weighted by Crippen LogP contribution is 2.36. The first-order valence-corrected chi connectivity index (χ1v) is 13.7. The Hall–Kier alpha value is -3.27. The van der Waals surface area contributed by atoms with Crippen molar-refractivity contribution in [2.45, 2.75) is 58.7 Å². The molecule has 2 aromatic carbocycles. The maximum Gasteiger partial charge on any atom is 0.242 e. The van der Waals surface area contributed by atoms with E-state index in [9.17, 15) is 18.0 Å². The molecule has 0 bridgehead atoms. The Bertz CT molecular complexity index is 1180. The lowest BCUT2D eigenvalue weighted by atomic mass is 10.1. The molecule has 2 aromatic rings. The minimum atomic E-state index is -3.60. The fraction of sp³-hybridized carbons (Fsp3) is 0.462. The van der Waals surface area contributed by atoms with E-state index in [1.165, 1.54) is 4.31 Å². The van der Waals surface area contributed by atoms with Gasteiger partial charge in [0.05, 0.1) is 11.9 Å². The van der Waals surface area contributed by atoms with E-state index in [1.807, 2.05) is 51.1 Å². The molecule has 0 radical (unpaired) electrons. The monoisotopic (exact) mass is 517 g/mol. The molecule has 1 N–H and O–H groups in total. The third-order valence-electron chi connectivity index (χ3n) is 5.66. The predicted molar refractivity (Wildman–Crippen MR) is 138 cm³/mol. The first-order valence-electron chi connectivity index (χ1n) is 11.9. The number of hydrogen-bond donors (Lipinski definition) is 1. The largest absolute Gasteiger partial charge is 0.454 e. The van der Waals surface area contributed by atoms with Crippen LogP contribution in [0.1, 0.15) is 46.1 Å². The Morgan fingerprint density at radius 2 is 1.72 bits per heavy atom. The zero-order chi connectivity index (χ0) is 26.5. The number of fused-ring (bicyclic) bond motifs is 1. The molecule has 1 aliphatic heterocycles. The van der Waals surface area contributed by atoms with Gasteiger partial charge in [-0.05, 0) is 51.8 Å². The molecule has 1 atom stereocenters. The fourth-order valence-electron chi connectivity index (χ4n) is 3.88. The smallest absolute Gasteiger partial charge is 0.242 e. The summed E-state index contributed by atoms with van der Waals surface area (Å²) in [5.41, 5.74) is 0.903. The van der Waals surface area contributed by atoms with E-state index in [2.05, 4.69) is 5.32 Å².